The van der Waals surface area contributed by atoms with Gasteiger partial charge >= 0.3 is 5.69 Å². The zero-order valence-corrected chi connectivity index (χ0v) is 11.9. The second-order valence-electron chi connectivity index (χ2n) is 4.67. The van der Waals surface area contributed by atoms with E-state index in [2.05, 4.69) is 16.8 Å². The number of nitrogens with zero attached hydrogens (tertiary/aromatic N) is 2. The molecule has 1 heterocycles. The molecule has 0 aliphatic rings. The van der Waals surface area contributed by atoms with Crippen molar-refractivity contribution < 1.29 is 9.50 Å². The van der Waals surface area contributed by atoms with Crippen molar-refractivity contribution in [2.75, 3.05) is 6.61 Å². The lowest BCUT2D eigenvalue weighted by molar-refractivity contribution is 0.350. The third kappa shape index (κ3) is 3.56. The van der Waals surface area contributed by atoms with Crippen molar-refractivity contribution in [2.45, 2.75) is 20.4 Å². The highest BCUT2D eigenvalue weighted by atomic mass is 19.1. The van der Waals surface area contributed by atoms with E-state index >= 15 is 0 Å². The molecular weight excluding hydrogens is 271 g/mol. The summed E-state index contributed by atoms with van der Waals surface area (Å²) < 4.78 is 15.5. The fourth-order valence-electron chi connectivity index (χ4n) is 2.03. The number of aryl methyl sites for hydroxylation is 2. The molecule has 2 aromatic rings. The summed E-state index contributed by atoms with van der Waals surface area (Å²) in [5.41, 5.74) is 1.85. The van der Waals surface area contributed by atoms with Gasteiger partial charge in [-0.15, -0.1) is 0 Å². The molecule has 0 saturated heterocycles. The van der Waals surface area contributed by atoms with E-state index in [-0.39, 0.29) is 13.2 Å². The minimum absolute atomic E-state index is 0.123. The lowest BCUT2D eigenvalue weighted by atomic mass is 10.1. The van der Waals surface area contributed by atoms with Crippen molar-refractivity contribution in [3.63, 3.8) is 0 Å². The van der Waals surface area contributed by atoms with Crippen molar-refractivity contribution in [1.82, 2.24) is 9.55 Å². The topological polar surface area (TPSA) is 55.1 Å². The van der Waals surface area contributed by atoms with Crippen LogP contribution in [0.2, 0.25) is 0 Å². The van der Waals surface area contributed by atoms with Gasteiger partial charge in [-0.1, -0.05) is 17.9 Å². The molecule has 5 heteroatoms. The van der Waals surface area contributed by atoms with Crippen molar-refractivity contribution in [1.29, 1.82) is 0 Å². The zero-order valence-electron chi connectivity index (χ0n) is 11.9. The summed E-state index contributed by atoms with van der Waals surface area (Å²) in [6, 6.07) is 6.31. The first kappa shape index (κ1) is 14.9. The first-order chi connectivity index (χ1) is 10.0. The highest BCUT2D eigenvalue weighted by Gasteiger charge is 2.08. The number of aromatic nitrogens is 2. The SMILES string of the molecule is Cc1cc(C)n(Cc2ccc(C#CCO)cc2F)c(=O)n1. The molecule has 1 aromatic heterocycles. The van der Waals surface area contributed by atoms with Gasteiger partial charge < -0.3 is 5.11 Å². The van der Waals surface area contributed by atoms with Gasteiger partial charge in [0, 0.05) is 22.5 Å². The predicted molar refractivity (Wildman–Crippen MR) is 77.4 cm³/mol. The third-order valence-corrected chi connectivity index (χ3v) is 3.04. The number of aliphatic hydroxyl groups excluding tert-OH is 1. The van der Waals surface area contributed by atoms with E-state index < -0.39 is 11.5 Å². The largest absolute Gasteiger partial charge is 0.384 e. The zero-order chi connectivity index (χ0) is 15.4. The van der Waals surface area contributed by atoms with Crippen molar-refractivity contribution in [2.24, 2.45) is 0 Å². The Kier molecular flexibility index (Phi) is 4.51. The van der Waals surface area contributed by atoms with Gasteiger partial charge in [-0.05, 0) is 32.0 Å². The van der Waals surface area contributed by atoms with E-state index in [4.69, 9.17) is 5.11 Å². The predicted octanol–water partition coefficient (Wildman–Crippen LogP) is 1.39. The van der Waals surface area contributed by atoms with Gasteiger partial charge in [0.05, 0.1) is 6.54 Å². The van der Waals surface area contributed by atoms with Crippen LogP contribution in [0.15, 0.2) is 29.1 Å². The van der Waals surface area contributed by atoms with Crippen LogP contribution in [-0.4, -0.2) is 21.3 Å². The average Bonchev–Trinajstić information content (AvgIpc) is 2.42. The molecule has 108 valence electrons. The van der Waals surface area contributed by atoms with E-state index in [0.717, 1.165) is 5.69 Å². The van der Waals surface area contributed by atoms with E-state index in [1.54, 1.807) is 32.0 Å². The molecule has 0 unspecified atom stereocenters. The van der Waals surface area contributed by atoms with Crippen LogP contribution in [0.4, 0.5) is 4.39 Å². The summed E-state index contributed by atoms with van der Waals surface area (Å²) in [4.78, 5) is 15.7. The normalized spacial score (nSPS) is 10.1. The molecule has 0 aliphatic heterocycles. The van der Waals surface area contributed by atoms with Gasteiger partial charge in [0.15, 0.2) is 0 Å². The number of halogens is 1. The van der Waals surface area contributed by atoms with Crippen molar-refractivity contribution in [3.8, 4) is 11.8 Å². The molecule has 2 rings (SSSR count). The summed E-state index contributed by atoms with van der Waals surface area (Å²) in [6.07, 6.45) is 0. The van der Waals surface area contributed by atoms with Crippen LogP contribution in [0, 0.1) is 31.5 Å². The molecule has 21 heavy (non-hydrogen) atoms. The van der Waals surface area contributed by atoms with Crippen LogP contribution in [0.1, 0.15) is 22.5 Å². The second kappa shape index (κ2) is 6.33. The summed E-state index contributed by atoms with van der Waals surface area (Å²) >= 11 is 0. The lowest BCUT2D eigenvalue weighted by Crippen LogP contribution is -2.26. The first-order valence-corrected chi connectivity index (χ1v) is 6.44. The summed E-state index contributed by atoms with van der Waals surface area (Å²) in [7, 11) is 0. The maximum absolute atomic E-state index is 14.0. The van der Waals surface area contributed by atoms with Crippen LogP contribution in [0.3, 0.4) is 0 Å². The van der Waals surface area contributed by atoms with Gasteiger partial charge in [-0.25, -0.2) is 9.18 Å². The Morgan fingerprint density at radius 3 is 2.71 bits per heavy atom. The molecule has 0 amide bonds. The van der Waals surface area contributed by atoms with Crippen LogP contribution < -0.4 is 5.69 Å². The highest BCUT2D eigenvalue weighted by molar-refractivity contribution is 5.37. The van der Waals surface area contributed by atoms with Gasteiger partial charge in [-0.3, -0.25) is 4.57 Å². The summed E-state index contributed by atoms with van der Waals surface area (Å²) in [5, 5.41) is 8.62. The average molecular weight is 286 g/mol. The number of aliphatic hydroxyl groups is 1. The third-order valence-electron chi connectivity index (χ3n) is 3.04. The van der Waals surface area contributed by atoms with Gasteiger partial charge in [0.25, 0.3) is 0 Å². The Hall–Kier alpha value is -2.45. The fourth-order valence-corrected chi connectivity index (χ4v) is 2.03. The van der Waals surface area contributed by atoms with Gasteiger partial charge in [0.2, 0.25) is 0 Å². The summed E-state index contributed by atoms with van der Waals surface area (Å²) in [6.45, 7) is 3.38. The fraction of sp³-hybridized carbons (Fsp3) is 0.250. The number of benzene rings is 1. The van der Waals surface area contributed by atoms with Crippen LogP contribution >= 0.6 is 0 Å². The number of hydrogen-bond acceptors (Lipinski definition) is 3. The van der Waals surface area contributed by atoms with Gasteiger partial charge in [-0.2, -0.15) is 4.98 Å². The van der Waals surface area contributed by atoms with E-state index in [1.165, 1.54) is 10.6 Å². The van der Waals surface area contributed by atoms with Crippen LogP contribution in [-0.2, 0) is 6.54 Å². The van der Waals surface area contributed by atoms with E-state index in [1.807, 2.05) is 0 Å². The molecular formula is C16H15FN2O2. The Bertz CT molecular complexity index is 785. The second-order valence-corrected chi connectivity index (χ2v) is 4.67. The van der Waals surface area contributed by atoms with Gasteiger partial charge in [0.1, 0.15) is 12.4 Å². The monoisotopic (exact) mass is 286 g/mol. The molecule has 0 aliphatic carbocycles. The van der Waals surface area contributed by atoms with Crippen molar-refractivity contribution in [3.05, 3.63) is 63.1 Å². The molecule has 0 atom stereocenters. The highest BCUT2D eigenvalue weighted by Crippen LogP contribution is 2.12. The minimum atomic E-state index is -0.438. The molecule has 0 spiro atoms. The van der Waals surface area contributed by atoms with Crippen LogP contribution in [0.25, 0.3) is 0 Å². The van der Waals surface area contributed by atoms with Crippen LogP contribution in [0.5, 0.6) is 0 Å². The maximum Gasteiger partial charge on any atom is 0.348 e. The Morgan fingerprint density at radius 1 is 1.33 bits per heavy atom. The Morgan fingerprint density at radius 2 is 2.10 bits per heavy atom. The lowest BCUT2D eigenvalue weighted by Gasteiger charge is -2.10. The maximum atomic E-state index is 14.0. The van der Waals surface area contributed by atoms with E-state index in [9.17, 15) is 9.18 Å². The molecule has 4 nitrogen and oxygen atoms in total. The molecule has 0 fully saturated rings. The smallest absolute Gasteiger partial charge is 0.348 e. The number of rotatable bonds is 2. The Balaban J connectivity index is 2.35. The quantitative estimate of drug-likeness (QED) is 0.849. The van der Waals surface area contributed by atoms with E-state index in [0.29, 0.717) is 16.8 Å². The molecule has 0 saturated carbocycles. The molecule has 0 bridgehead atoms. The standard InChI is InChI=1S/C16H15FN2O2/c1-11-8-12(2)19(16(21)18-11)10-14-6-5-13(4-3-7-20)9-15(14)17/h5-6,8-9,20H,7,10H2,1-2H3. The number of hydrogen-bond donors (Lipinski definition) is 1. The first-order valence-electron chi connectivity index (χ1n) is 6.44. The molecule has 1 aromatic carbocycles. The summed E-state index contributed by atoms with van der Waals surface area (Å²) in [5.74, 6) is 4.66. The molecule has 1 N–H and O–H groups in total. The molecule has 0 radical (unpaired) electrons. The van der Waals surface area contributed by atoms with Crippen molar-refractivity contribution >= 4 is 0 Å². The Labute approximate surface area is 121 Å². The minimum Gasteiger partial charge on any atom is -0.384 e.